The van der Waals surface area contributed by atoms with E-state index < -0.39 is 23.2 Å². The molecule has 23 heavy (non-hydrogen) atoms. The van der Waals surface area contributed by atoms with Gasteiger partial charge in [0, 0.05) is 6.42 Å². The van der Waals surface area contributed by atoms with E-state index in [1.165, 1.54) is 12.1 Å². The fourth-order valence-electron chi connectivity index (χ4n) is 2.93. The Morgan fingerprint density at radius 1 is 1.22 bits per heavy atom. The summed E-state index contributed by atoms with van der Waals surface area (Å²) in [6, 6.07) is 6.37. The third-order valence-corrected chi connectivity index (χ3v) is 4.27. The summed E-state index contributed by atoms with van der Waals surface area (Å²) in [6.07, 6.45) is 11.1. The fourth-order valence-corrected chi connectivity index (χ4v) is 2.93. The average Bonchev–Trinajstić information content (AvgIpc) is 2.81. The molecule has 2 aliphatic rings. The number of fused-ring (bicyclic) bond motifs is 1. The number of hydrogen-bond acceptors (Lipinski definition) is 4. The van der Waals surface area contributed by atoms with Gasteiger partial charge in [0.25, 0.3) is 11.8 Å². The highest BCUT2D eigenvalue weighted by atomic mass is 16.7. The predicted molar refractivity (Wildman–Crippen MR) is 81.9 cm³/mol. The van der Waals surface area contributed by atoms with E-state index in [0.29, 0.717) is 24.3 Å². The third-order valence-electron chi connectivity index (χ3n) is 4.27. The van der Waals surface area contributed by atoms with E-state index in [1.807, 2.05) is 12.2 Å². The van der Waals surface area contributed by atoms with E-state index in [1.54, 1.807) is 12.1 Å². The lowest BCUT2D eigenvalue weighted by atomic mass is 9.75. The zero-order chi connectivity index (χ0) is 16.4. The molecule has 0 fully saturated rings. The van der Waals surface area contributed by atoms with Crippen LogP contribution in [0.5, 0.6) is 0 Å². The number of benzene rings is 1. The molecule has 1 atom stereocenters. The van der Waals surface area contributed by atoms with Crippen molar-refractivity contribution >= 4 is 17.8 Å². The van der Waals surface area contributed by atoms with Gasteiger partial charge in [-0.1, -0.05) is 29.3 Å². The molecule has 1 heterocycles. The molecule has 0 saturated carbocycles. The first-order chi connectivity index (χ1) is 11.1. The summed E-state index contributed by atoms with van der Waals surface area (Å²) in [7, 11) is 0. The van der Waals surface area contributed by atoms with E-state index in [2.05, 4.69) is 5.92 Å². The molecule has 0 saturated heterocycles. The second-order valence-corrected chi connectivity index (χ2v) is 5.70. The number of carbonyl (C=O) groups excluding carboxylic acids is 3. The molecular formula is C18H15NO4. The van der Waals surface area contributed by atoms with Crippen molar-refractivity contribution in [3.63, 3.8) is 0 Å². The first-order valence-corrected chi connectivity index (χ1v) is 7.38. The van der Waals surface area contributed by atoms with Crippen LogP contribution in [-0.2, 0) is 9.63 Å². The summed E-state index contributed by atoms with van der Waals surface area (Å²) in [5, 5.41) is 0.545. The zero-order valence-electron chi connectivity index (χ0n) is 12.5. The maximum absolute atomic E-state index is 12.6. The average molecular weight is 309 g/mol. The molecule has 1 aliphatic heterocycles. The van der Waals surface area contributed by atoms with Gasteiger partial charge >= 0.3 is 5.97 Å². The molecule has 0 N–H and O–H groups in total. The predicted octanol–water partition coefficient (Wildman–Crippen LogP) is 2.49. The number of nitrogens with zero attached hydrogens (tertiary/aromatic N) is 1. The molecule has 2 amide bonds. The zero-order valence-corrected chi connectivity index (χ0v) is 12.5. The Morgan fingerprint density at radius 3 is 2.39 bits per heavy atom. The van der Waals surface area contributed by atoms with Crippen molar-refractivity contribution in [1.29, 1.82) is 0 Å². The first-order valence-electron chi connectivity index (χ1n) is 7.38. The molecule has 0 bridgehead atoms. The van der Waals surface area contributed by atoms with Gasteiger partial charge in [0.05, 0.1) is 16.5 Å². The number of rotatable bonds is 3. The lowest BCUT2D eigenvalue weighted by Gasteiger charge is -2.31. The van der Waals surface area contributed by atoms with E-state index >= 15 is 0 Å². The number of hydroxylamine groups is 2. The molecule has 3 rings (SSSR count). The standard InChI is InChI=1S/C18H15NO4/c1-2-10-18(11-6-3-7-12-18)17(22)23-19-15(20)13-8-4-5-9-14(13)16(19)21/h1,3-6,8-9H,7,10-12H2. The molecule has 5 nitrogen and oxygen atoms in total. The van der Waals surface area contributed by atoms with Crippen molar-refractivity contribution in [3.05, 3.63) is 47.5 Å². The highest BCUT2D eigenvalue weighted by Crippen LogP contribution is 2.38. The van der Waals surface area contributed by atoms with E-state index in [9.17, 15) is 14.4 Å². The summed E-state index contributed by atoms with van der Waals surface area (Å²) in [6.45, 7) is 0. The number of allylic oxidation sites excluding steroid dienone is 2. The van der Waals surface area contributed by atoms with Crippen LogP contribution in [0.4, 0.5) is 0 Å². The largest absolute Gasteiger partial charge is 0.340 e. The number of imide groups is 1. The summed E-state index contributed by atoms with van der Waals surface area (Å²) in [5.74, 6) is 0.622. The van der Waals surface area contributed by atoms with Crippen LogP contribution < -0.4 is 0 Å². The van der Waals surface area contributed by atoms with Crippen LogP contribution in [0.3, 0.4) is 0 Å². The quantitative estimate of drug-likeness (QED) is 0.489. The minimum Gasteiger partial charge on any atom is -0.329 e. The number of amides is 2. The first kappa shape index (κ1) is 15.0. The van der Waals surface area contributed by atoms with Crippen molar-refractivity contribution < 1.29 is 19.2 Å². The monoisotopic (exact) mass is 309 g/mol. The van der Waals surface area contributed by atoms with Crippen LogP contribution in [0, 0.1) is 17.8 Å². The summed E-state index contributed by atoms with van der Waals surface area (Å²) < 4.78 is 0. The second kappa shape index (κ2) is 5.73. The van der Waals surface area contributed by atoms with E-state index in [4.69, 9.17) is 11.3 Å². The molecule has 1 aromatic carbocycles. The molecule has 1 unspecified atom stereocenters. The van der Waals surface area contributed by atoms with Gasteiger partial charge in [-0.3, -0.25) is 9.59 Å². The number of terminal acetylenes is 1. The highest BCUT2D eigenvalue weighted by molar-refractivity contribution is 6.20. The Labute approximate surface area is 133 Å². The van der Waals surface area contributed by atoms with Gasteiger partial charge in [0.2, 0.25) is 0 Å². The van der Waals surface area contributed by atoms with Gasteiger partial charge in [0.1, 0.15) is 0 Å². The smallest absolute Gasteiger partial charge is 0.329 e. The Morgan fingerprint density at radius 2 is 1.87 bits per heavy atom. The third kappa shape index (κ3) is 2.42. The van der Waals surface area contributed by atoms with Crippen molar-refractivity contribution in [1.82, 2.24) is 5.06 Å². The Bertz CT molecular complexity index is 724. The lowest BCUT2D eigenvalue weighted by molar-refractivity contribution is -0.181. The van der Waals surface area contributed by atoms with Crippen molar-refractivity contribution in [2.24, 2.45) is 5.41 Å². The van der Waals surface area contributed by atoms with Crippen molar-refractivity contribution in [3.8, 4) is 12.3 Å². The van der Waals surface area contributed by atoms with Crippen LogP contribution in [0.15, 0.2) is 36.4 Å². The fraction of sp³-hybridized carbons (Fsp3) is 0.278. The molecule has 0 spiro atoms. The van der Waals surface area contributed by atoms with Crippen LogP contribution in [-0.4, -0.2) is 22.8 Å². The van der Waals surface area contributed by atoms with Crippen LogP contribution in [0.25, 0.3) is 0 Å². The van der Waals surface area contributed by atoms with Gasteiger partial charge in [-0.2, -0.15) is 0 Å². The summed E-state index contributed by atoms with van der Waals surface area (Å²) in [5.41, 5.74) is -0.404. The number of hydrogen-bond donors (Lipinski definition) is 0. The molecule has 0 radical (unpaired) electrons. The Hall–Kier alpha value is -2.87. The highest BCUT2D eigenvalue weighted by Gasteiger charge is 2.45. The molecule has 1 aliphatic carbocycles. The SMILES string of the molecule is C#CCC1(C(=O)ON2C(=O)c3ccccc3C2=O)CC=CCC1. The molecule has 1 aromatic rings. The minimum absolute atomic E-state index is 0.208. The molecule has 0 aromatic heterocycles. The second-order valence-electron chi connectivity index (χ2n) is 5.70. The van der Waals surface area contributed by atoms with Gasteiger partial charge in [0.15, 0.2) is 0 Å². The topological polar surface area (TPSA) is 63.7 Å². The van der Waals surface area contributed by atoms with Crippen LogP contribution in [0.1, 0.15) is 46.4 Å². The normalized spacial score (nSPS) is 22.7. The molecular weight excluding hydrogens is 294 g/mol. The van der Waals surface area contributed by atoms with Gasteiger partial charge < -0.3 is 4.84 Å². The lowest BCUT2D eigenvalue weighted by Crippen LogP contribution is -2.41. The van der Waals surface area contributed by atoms with E-state index in [-0.39, 0.29) is 17.5 Å². The van der Waals surface area contributed by atoms with Crippen molar-refractivity contribution in [2.45, 2.75) is 25.7 Å². The van der Waals surface area contributed by atoms with Gasteiger partial charge in [-0.05, 0) is 31.4 Å². The van der Waals surface area contributed by atoms with E-state index in [0.717, 1.165) is 0 Å². The maximum atomic E-state index is 12.6. The molecule has 5 heteroatoms. The minimum atomic E-state index is -0.876. The summed E-state index contributed by atoms with van der Waals surface area (Å²) in [4.78, 5) is 42.3. The van der Waals surface area contributed by atoms with Crippen LogP contribution >= 0.6 is 0 Å². The maximum Gasteiger partial charge on any atom is 0.340 e. The van der Waals surface area contributed by atoms with Crippen molar-refractivity contribution in [2.75, 3.05) is 0 Å². The Balaban J connectivity index is 1.84. The summed E-state index contributed by atoms with van der Waals surface area (Å²) >= 11 is 0. The van der Waals surface area contributed by atoms with Crippen LogP contribution in [0.2, 0.25) is 0 Å². The van der Waals surface area contributed by atoms with Gasteiger partial charge in [-0.25, -0.2) is 4.79 Å². The van der Waals surface area contributed by atoms with Gasteiger partial charge in [-0.15, -0.1) is 12.3 Å². The molecule has 116 valence electrons. The number of carbonyl (C=O) groups is 3. The Kier molecular flexibility index (Phi) is 3.75.